The zero-order chi connectivity index (χ0) is 11.8. The van der Waals surface area contributed by atoms with Crippen molar-refractivity contribution in [3.8, 4) is 0 Å². The van der Waals surface area contributed by atoms with E-state index in [1.165, 1.54) is 0 Å². The van der Waals surface area contributed by atoms with Gasteiger partial charge < -0.3 is 0 Å². The molecule has 5 atom stereocenters. The Bertz CT molecular complexity index is 439. The van der Waals surface area contributed by atoms with Gasteiger partial charge in [0.15, 0.2) is 0 Å². The summed E-state index contributed by atoms with van der Waals surface area (Å²) in [5, 5.41) is 1.83. The van der Waals surface area contributed by atoms with Crippen LogP contribution in [0.25, 0.3) is 0 Å². The number of halogens is 6. The summed E-state index contributed by atoms with van der Waals surface area (Å²) in [6.07, 6.45) is 0.735. The zero-order valence-corrected chi connectivity index (χ0v) is 12.3. The summed E-state index contributed by atoms with van der Waals surface area (Å²) < 4.78 is 0. The summed E-state index contributed by atoms with van der Waals surface area (Å²) in [4.78, 5) is -0.942. The first-order valence-corrected chi connectivity index (χ1v) is 7.17. The number of alkyl halides is 2. The van der Waals surface area contributed by atoms with Crippen molar-refractivity contribution in [3.05, 3.63) is 20.1 Å². The third-order valence-electron chi connectivity index (χ3n) is 3.84. The Morgan fingerprint density at radius 1 is 0.938 bits per heavy atom. The van der Waals surface area contributed by atoms with Crippen molar-refractivity contribution >= 4 is 69.6 Å². The van der Waals surface area contributed by atoms with Crippen LogP contribution >= 0.6 is 69.6 Å². The fourth-order valence-electron chi connectivity index (χ4n) is 3.13. The van der Waals surface area contributed by atoms with Gasteiger partial charge in [-0.05, 0) is 12.3 Å². The van der Waals surface area contributed by atoms with Crippen LogP contribution in [-0.2, 0) is 0 Å². The van der Waals surface area contributed by atoms with Crippen LogP contribution in [0.1, 0.15) is 6.42 Å². The first kappa shape index (κ1) is 12.3. The Hall–Kier alpha value is 1.22. The first-order chi connectivity index (χ1) is 7.40. The molecule has 5 unspecified atom stereocenters. The molecule has 0 N–H and O–H groups in total. The largest absolute Gasteiger partial charge is 0.122 e. The van der Waals surface area contributed by atoms with Gasteiger partial charge in [-0.25, -0.2) is 0 Å². The van der Waals surface area contributed by atoms with Gasteiger partial charge in [-0.2, -0.15) is 0 Å². The quantitative estimate of drug-likeness (QED) is 0.530. The van der Waals surface area contributed by atoms with Gasteiger partial charge in [0, 0.05) is 27.3 Å². The van der Waals surface area contributed by atoms with Crippen LogP contribution in [0.4, 0.5) is 0 Å². The van der Waals surface area contributed by atoms with E-state index >= 15 is 0 Å². The molecule has 6 heteroatoms. The second-order valence-corrected chi connectivity index (χ2v) is 7.17. The van der Waals surface area contributed by atoms with Crippen LogP contribution in [0.3, 0.4) is 0 Å². The predicted octanol–water partition coefficient (Wildman–Crippen LogP) is 5.23. The molecule has 0 aliphatic heterocycles. The van der Waals surface area contributed by atoms with Crippen molar-refractivity contribution in [1.29, 1.82) is 0 Å². The highest BCUT2D eigenvalue weighted by Crippen LogP contribution is 2.69. The molecule has 0 amide bonds. The number of hydrogen-bond acceptors (Lipinski definition) is 0. The second kappa shape index (κ2) is 3.62. The monoisotopic (exact) mass is 336 g/mol. The van der Waals surface area contributed by atoms with Crippen molar-refractivity contribution in [2.75, 3.05) is 0 Å². The van der Waals surface area contributed by atoms with Gasteiger partial charge in [-0.1, -0.05) is 46.4 Å². The van der Waals surface area contributed by atoms with Gasteiger partial charge in [0.2, 0.25) is 0 Å². The molecule has 3 aliphatic rings. The summed E-state index contributed by atoms with van der Waals surface area (Å²) in [6, 6.07) is 0. The van der Waals surface area contributed by atoms with E-state index in [1.807, 2.05) is 0 Å². The van der Waals surface area contributed by atoms with Crippen LogP contribution in [0.5, 0.6) is 0 Å². The van der Waals surface area contributed by atoms with Crippen LogP contribution in [-0.4, -0.2) is 10.3 Å². The lowest BCUT2D eigenvalue weighted by Crippen LogP contribution is -2.35. The minimum absolute atomic E-state index is 0.0316. The van der Waals surface area contributed by atoms with Gasteiger partial charge in [-0.15, -0.1) is 23.2 Å². The van der Waals surface area contributed by atoms with Crippen molar-refractivity contribution in [1.82, 2.24) is 0 Å². The molecule has 0 aromatic rings. The van der Waals surface area contributed by atoms with E-state index in [-0.39, 0.29) is 23.1 Å². The van der Waals surface area contributed by atoms with E-state index in [1.54, 1.807) is 0 Å². The number of hydrogen-bond donors (Lipinski definition) is 0. The van der Waals surface area contributed by atoms with Crippen molar-refractivity contribution in [2.24, 2.45) is 17.8 Å². The van der Waals surface area contributed by atoms with E-state index in [9.17, 15) is 0 Å². The molecule has 4 bridgehead atoms. The van der Waals surface area contributed by atoms with Crippen LogP contribution in [0, 0.1) is 17.8 Å². The molecule has 0 radical (unpaired) electrons. The van der Waals surface area contributed by atoms with Gasteiger partial charge >= 0.3 is 0 Å². The Morgan fingerprint density at radius 2 is 1.44 bits per heavy atom. The van der Waals surface area contributed by atoms with Gasteiger partial charge in [0.1, 0.15) is 4.87 Å². The van der Waals surface area contributed by atoms with E-state index in [0.29, 0.717) is 20.1 Å². The highest BCUT2D eigenvalue weighted by molar-refractivity contribution is 6.53. The highest BCUT2D eigenvalue weighted by Gasteiger charge is 2.65. The fraction of sp³-hybridized carbons (Fsp3) is 0.600. The van der Waals surface area contributed by atoms with Crippen LogP contribution in [0.2, 0.25) is 0 Å². The molecule has 0 aromatic carbocycles. The topological polar surface area (TPSA) is 0 Å². The lowest BCUT2D eigenvalue weighted by atomic mass is 9.81. The lowest BCUT2D eigenvalue weighted by Gasteiger charge is -2.34. The summed E-state index contributed by atoms with van der Waals surface area (Å²) in [5.41, 5.74) is 0. The molecule has 0 nitrogen and oxygen atoms in total. The minimum atomic E-state index is -0.942. The van der Waals surface area contributed by atoms with E-state index < -0.39 is 4.87 Å². The fourth-order valence-corrected chi connectivity index (χ4v) is 5.84. The average Bonchev–Trinajstić information content (AvgIpc) is 2.64. The maximum atomic E-state index is 6.54. The maximum Gasteiger partial charge on any atom is 0.121 e. The molecule has 0 saturated heterocycles. The van der Waals surface area contributed by atoms with E-state index in [2.05, 4.69) is 0 Å². The normalized spacial score (nSPS) is 50.6. The second-order valence-electron chi connectivity index (χ2n) is 4.45. The predicted molar refractivity (Wildman–Crippen MR) is 70.8 cm³/mol. The molecule has 16 heavy (non-hydrogen) atoms. The Balaban J connectivity index is 2.28. The van der Waals surface area contributed by atoms with E-state index in [4.69, 9.17) is 69.6 Å². The van der Waals surface area contributed by atoms with Gasteiger partial charge in [0.25, 0.3) is 0 Å². The molecule has 1 fully saturated rings. The summed E-state index contributed by atoms with van der Waals surface area (Å²) in [5.74, 6) is 0.0530. The standard InChI is InChI=1S/C10H6Cl6/c11-3-1-2-4-5(3)7(13)9(15)10(2,16)8(14)6(4)12/h2-5H,1H2. The highest BCUT2D eigenvalue weighted by atomic mass is 35.5. The Morgan fingerprint density at radius 3 is 2.00 bits per heavy atom. The Kier molecular flexibility index (Phi) is 2.77. The molecule has 0 spiro atoms. The average molecular weight is 339 g/mol. The first-order valence-electron chi connectivity index (χ1n) is 4.85. The van der Waals surface area contributed by atoms with Crippen molar-refractivity contribution in [3.63, 3.8) is 0 Å². The SMILES string of the molecule is ClC1=C(Cl)C2(Cl)C(Cl)=C(Cl)C3C1C(Cl)CC32. The summed E-state index contributed by atoms with van der Waals surface area (Å²) >= 11 is 37.7. The smallest absolute Gasteiger partial charge is 0.121 e. The van der Waals surface area contributed by atoms with Gasteiger partial charge in [-0.3, -0.25) is 0 Å². The Labute approximate surface area is 123 Å². The van der Waals surface area contributed by atoms with Crippen LogP contribution < -0.4 is 0 Å². The third-order valence-corrected chi connectivity index (χ3v) is 7.22. The lowest BCUT2D eigenvalue weighted by molar-refractivity contribution is 0.386. The zero-order valence-electron chi connectivity index (χ0n) is 7.78. The van der Waals surface area contributed by atoms with E-state index in [0.717, 1.165) is 6.42 Å². The van der Waals surface area contributed by atoms with Crippen molar-refractivity contribution in [2.45, 2.75) is 16.7 Å². The van der Waals surface area contributed by atoms with Crippen molar-refractivity contribution < 1.29 is 0 Å². The molecular formula is C10H6Cl6. The summed E-state index contributed by atoms with van der Waals surface area (Å²) in [7, 11) is 0. The number of rotatable bonds is 0. The third kappa shape index (κ3) is 1.17. The van der Waals surface area contributed by atoms with Gasteiger partial charge in [0.05, 0.1) is 10.1 Å². The molecule has 3 rings (SSSR count). The minimum Gasteiger partial charge on any atom is -0.122 e. The molecular weight excluding hydrogens is 333 g/mol. The maximum absolute atomic E-state index is 6.54. The molecule has 88 valence electrons. The molecule has 3 aliphatic carbocycles. The van der Waals surface area contributed by atoms with Crippen LogP contribution in [0.15, 0.2) is 20.1 Å². The molecule has 1 saturated carbocycles. The molecule has 0 aromatic heterocycles. The molecule has 0 heterocycles. The number of allylic oxidation sites excluding steroid dienone is 4. The summed E-state index contributed by atoms with van der Waals surface area (Å²) in [6.45, 7) is 0.